The molecule has 6 heteroatoms. The molecule has 0 aliphatic carbocycles. The maximum Gasteiger partial charge on any atom is 0.204 e. The van der Waals surface area contributed by atoms with Gasteiger partial charge in [-0.15, -0.1) is 0 Å². The van der Waals surface area contributed by atoms with E-state index in [0.29, 0.717) is 11.3 Å². The van der Waals surface area contributed by atoms with Gasteiger partial charge in [0.15, 0.2) is 16.8 Å². The minimum Gasteiger partial charge on any atom is -0.507 e. The van der Waals surface area contributed by atoms with E-state index in [-0.39, 0.29) is 28.2 Å². The van der Waals surface area contributed by atoms with Crippen LogP contribution in [0.4, 0.5) is 0 Å². The van der Waals surface area contributed by atoms with Gasteiger partial charge < -0.3 is 24.7 Å². The van der Waals surface area contributed by atoms with Crippen molar-refractivity contribution >= 4 is 11.0 Å². The second-order valence-corrected chi connectivity index (χ2v) is 4.99. The smallest absolute Gasteiger partial charge is 0.204 e. The Morgan fingerprint density at radius 1 is 1.04 bits per heavy atom. The molecule has 3 aromatic rings. The minimum atomic E-state index is -0.411. The number of methoxy groups -OCH3 is 1. The highest BCUT2D eigenvalue weighted by molar-refractivity contribution is 5.91. The van der Waals surface area contributed by atoms with Crippen LogP contribution in [0.2, 0.25) is 0 Å². The van der Waals surface area contributed by atoms with Gasteiger partial charge in [0.2, 0.25) is 5.75 Å². The van der Waals surface area contributed by atoms with Gasteiger partial charge in [-0.1, -0.05) is 30.3 Å². The van der Waals surface area contributed by atoms with E-state index in [9.17, 15) is 15.0 Å². The summed E-state index contributed by atoms with van der Waals surface area (Å²) in [6, 6.07) is 11.4. The Labute approximate surface area is 138 Å². The molecule has 0 atom stereocenters. The van der Waals surface area contributed by atoms with Gasteiger partial charge in [0.1, 0.15) is 16.9 Å². The molecule has 2 aromatic carbocycles. The van der Waals surface area contributed by atoms with Crippen molar-refractivity contribution in [1.29, 1.82) is 0 Å². The molecule has 0 aliphatic rings. The van der Waals surface area contributed by atoms with Gasteiger partial charge in [-0.05, 0) is 14.1 Å². The van der Waals surface area contributed by atoms with E-state index in [4.69, 9.17) is 9.15 Å². The van der Waals surface area contributed by atoms with Crippen LogP contribution in [0.5, 0.6) is 17.2 Å². The van der Waals surface area contributed by atoms with E-state index in [1.807, 2.05) is 32.3 Å². The minimum absolute atomic E-state index is 0.0117. The maximum atomic E-state index is 12.2. The highest BCUT2D eigenvalue weighted by Crippen LogP contribution is 2.40. The van der Waals surface area contributed by atoms with Crippen LogP contribution in [0, 0.1) is 0 Å². The first kappa shape index (κ1) is 17.4. The van der Waals surface area contributed by atoms with Gasteiger partial charge >= 0.3 is 0 Å². The van der Waals surface area contributed by atoms with E-state index in [2.05, 4.69) is 5.32 Å². The maximum absolute atomic E-state index is 12.2. The zero-order valence-electron chi connectivity index (χ0n) is 13.7. The van der Waals surface area contributed by atoms with Crippen LogP contribution < -0.4 is 15.5 Å². The van der Waals surface area contributed by atoms with Gasteiger partial charge in [-0.2, -0.15) is 0 Å². The first-order valence-corrected chi connectivity index (χ1v) is 7.24. The summed E-state index contributed by atoms with van der Waals surface area (Å²) in [5.74, 6) is -0.304. The van der Waals surface area contributed by atoms with Crippen molar-refractivity contribution in [1.82, 2.24) is 5.32 Å². The Balaban J connectivity index is 0.000000647. The number of ether oxygens (including phenoxy) is 1. The van der Waals surface area contributed by atoms with Crippen LogP contribution >= 0.6 is 0 Å². The van der Waals surface area contributed by atoms with Crippen LogP contribution in [0.15, 0.2) is 51.7 Å². The second kappa shape index (κ2) is 7.52. The van der Waals surface area contributed by atoms with Gasteiger partial charge in [-0.3, -0.25) is 4.79 Å². The van der Waals surface area contributed by atoms with Crippen LogP contribution in [0.3, 0.4) is 0 Å². The number of benzene rings is 2. The predicted octanol–water partition coefficient (Wildman–Crippen LogP) is 2.72. The molecule has 0 fully saturated rings. The highest BCUT2D eigenvalue weighted by atomic mass is 16.5. The zero-order valence-corrected chi connectivity index (χ0v) is 13.7. The summed E-state index contributed by atoms with van der Waals surface area (Å²) in [4.78, 5) is 12.2. The number of phenolic OH excluding ortho intramolecular Hbond substituents is 2. The van der Waals surface area contributed by atoms with Crippen LogP contribution in [-0.2, 0) is 0 Å². The molecule has 0 bridgehead atoms. The summed E-state index contributed by atoms with van der Waals surface area (Å²) in [5, 5.41) is 22.4. The normalized spacial score (nSPS) is 10.1. The molecule has 1 aromatic heterocycles. The molecule has 0 aliphatic heterocycles. The van der Waals surface area contributed by atoms with Crippen molar-refractivity contribution in [2.75, 3.05) is 21.2 Å². The molecule has 6 nitrogen and oxygen atoms in total. The number of hydrogen-bond acceptors (Lipinski definition) is 6. The Morgan fingerprint density at radius 3 is 2.25 bits per heavy atom. The average molecular weight is 329 g/mol. The fourth-order valence-electron chi connectivity index (χ4n) is 2.22. The molecule has 0 radical (unpaired) electrons. The lowest BCUT2D eigenvalue weighted by atomic mass is 10.1. The quantitative estimate of drug-likeness (QED) is 0.669. The van der Waals surface area contributed by atoms with Crippen molar-refractivity contribution in [2.45, 2.75) is 0 Å². The number of nitrogens with one attached hydrogen (secondary N) is 1. The van der Waals surface area contributed by atoms with Gasteiger partial charge in [0.05, 0.1) is 7.11 Å². The molecule has 1 heterocycles. The van der Waals surface area contributed by atoms with E-state index in [1.54, 1.807) is 12.1 Å². The van der Waals surface area contributed by atoms with Crippen LogP contribution in [0.1, 0.15) is 0 Å². The van der Waals surface area contributed by atoms with Crippen molar-refractivity contribution in [2.24, 2.45) is 0 Å². The van der Waals surface area contributed by atoms with E-state index in [0.717, 1.165) is 6.07 Å². The average Bonchev–Trinajstić information content (AvgIpc) is 2.56. The summed E-state index contributed by atoms with van der Waals surface area (Å²) in [5.41, 5.74) is 0.314. The lowest BCUT2D eigenvalue weighted by molar-refractivity contribution is 0.367. The summed E-state index contributed by atoms with van der Waals surface area (Å²) < 4.78 is 10.7. The monoisotopic (exact) mass is 329 g/mol. The molecule has 0 saturated carbocycles. The Kier molecular flexibility index (Phi) is 5.44. The molecule has 0 amide bonds. The van der Waals surface area contributed by atoms with Crippen molar-refractivity contribution < 1.29 is 19.4 Å². The lowest BCUT2D eigenvalue weighted by Gasteiger charge is -2.09. The fraction of sp³-hybridized carbons (Fsp3) is 0.167. The first-order valence-electron chi connectivity index (χ1n) is 7.24. The van der Waals surface area contributed by atoms with Gasteiger partial charge in [-0.25, -0.2) is 0 Å². The molecular weight excluding hydrogens is 310 g/mol. The number of phenols is 2. The summed E-state index contributed by atoms with van der Waals surface area (Å²) in [7, 11) is 5.10. The van der Waals surface area contributed by atoms with Crippen molar-refractivity contribution in [3.63, 3.8) is 0 Å². The molecular formula is C18H19NO5. The van der Waals surface area contributed by atoms with Crippen molar-refractivity contribution in [3.8, 4) is 28.6 Å². The number of rotatable bonds is 2. The molecule has 0 saturated heterocycles. The lowest BCUT2D eigenvalue weighted by Crippen LogP contribution is -2.02. The molecule has 3 rings (SSSR count). The van der Waals surface area contributed by atoms with Crippen LogP contribution in [0.25, 0.3) is 22.3 Å². The molecule has 3 N–H and O–H groups in total. The molecule has 126 valence electrons. The van der Waals surface area contributed by atoms with Gasteiger partial charge in [0.25, 0.3) is 0 Å². The summed E-state index contributed by atoms with van der Waals surface area (Å²) in [6.07, 6.45) is 0. The largest absolute Gasteiger partial charge is 0.507 e. The summed E-state index contributed by atoms with van der Waals surface area (Å²) in [6.45, 7) is 0. The molecule has 24 heavy (non-hydrogen) atoms. The third kappa shape index (κ3) is 3.33. The third-order valence-corrected chi connectivity index (χ3v) is 3.18. The highest BCUT2D eigenvalue weighted by Gasteiger charge is 2.18. The molecule has 0 spiro atoms. The summed E-state index contributed by atoms with van der Waals surface area (Å²) >= 11 is 0. The predicted molar refractivity (Wildman–Crippen MR) is 92.8 cm³/mol. The topological polar surface area (TPSA) is 91.9 Å². The Morgan fingerprint density at radius 2 is 1.67 bits per heavy atom. The fourth-order valence-corrected chi connectivity index (χ4v) is 2.22. The van der Waals surface area contributed by atoms with E-state index < -0.39 is 5.43 Å². The molecule has 0 unspecified atom stereocenters. The van der Waals surface area contributed by atoms with Crippen molar-refractivity contribution in [3.05, 3.63) is 52.7 Å². The number of aromatic hydroxyl groups is 2. The SMILES string of the molecule is CNC.COc1c(O)cc(O)c2c(=O)cc(-c3ccccc3)oc12. The van der Waals surface area contributed by atoms with E-state index >= 15 is 0 Å². The Hall–Kier alpha value is -2.99. The second-order valence-electron chi connectivity index (χ2n) is 4.99. The first-order chi connectivity index (χ1) is 11.5. The van der Waals surface area contributed by atoms with Crippen LogP contribution in [-0.4, -0.2) is 31.4 Å². The third-order valence-electron chi connectivity index (χ3n) is 3.18. The number of hydrogen-bond donors (Lipinski definition) is 3. The van der Waals surface area contributed by atoms with Gasteiger partial charge in [0, 0.05) is 17.7 Å². The number of fused-ring (bicyclic) bond motifs is 1. The zero-order chi connectivity index (χ0) is 17.7. The Bertz CT molecular complexity index is 887. The standard InChI is InChI=1S/C16H12O5.C2H7N/c1-20-15-12(19)7-10(17)14-11(18)8-13(21-16(14)15)9-5-3-2-4-6-9;1-3-2/h2-8,17,19H,1H3;3H,1-2H3. The van der Waals surface area contributed by atoms with E-state index in [1.165, 1.54) is 13.2 Å².